The number of thiophene rings is 1. The summed E-state index contributed by atoms with van der Waals surface area (Å²) in [5, 5.41) is 1.23. The van der Waals surface area contributed by atoms with E-state index in [2.05, 4.69) is 16.8 Å². The monoisotopic (exact) mass is 451 g/mol. The maximum atomic E-state index is 11.4. The van der Waals surface area contributed by atoms with Crippen molar-refractivity contribution in [2.45, 2.75) is 38.8 Å². The number of morpholine rings is 1. The number of nitrogens with two attached hydrogens (primary N) is 1. The lowest BCUT2D eigenvalue weighted by Gasteiger charge is -2.26. The second-order valence-corrected chi connectivity index (χ2v) is 9.74. The fourth-order valence-corrected chi connectivity index (χ4v) is 5.89. The average molecular weight is 452 g/mol. The fourth-order valence-electron chi connectivity index (χ4n) is 4.61. The lowest BCUT2D eigenvalue weighted by atomic mass is 9.97. The van der Waals surface area contributed by atoms with Crippen LogP contribution in [-0.2, 0) is 30.7 Å². The molecule has 0 atom stereocenters. The Hall–Kier alpha value is -2.55. The van der Waals surface area contributed by atoms with Crippen LogP contribution in [0.1, 0.15) is 45.0 Å². The number of aryl methyl sites for hydroxylation is 2. The van der Waals surface area contributed by atoms with Gasteiger partial charge in [-0.15, -0.1) is 11.3 Å². The molecule has 1 amide bonds. The third-order valence-corrected chi connectivity index (χ3v) is 7.52. The highest BCUT2D eigenvalue weighted by Gasteiger charge is 2.24. The minimum absolute atomic E-state index is 0.403. The number of aromatic nitrogens is 2. The van der Waals surface area contributed by atoms with Crippen molar-refractivity contribution in [3.05, 3.63) is 51.7 Å². The number of carbonyl (C=O) groups is 1. The molecule has 3 heterocycles. The summed E-state index contributed by atoms with van der Waals surface area (Å²) in [6.45, 7) is 4.81. The fraction of sp³-hybridized carbons (Fsp3) is 0.458. The van der Waals surface area contributed by atoms with Crippen molar-refractivity contribution in [2.24, 2.45) is 5.73 Å². The Morgan fingerprint density at radius 2 is 1.91 bits per heavy atom. The van der Waals surface area contributed by atoms with Gasteiger partial charge in [0.2, 0.25) is 5.91 Å². The Balaban J connectivity index is 1.49. The third-order valence-electron chi connectivity index (χ3n) is 6.33. The number of amides is 1. The number of hydrogen-bond donors (Lipinski definition) is 1. The molecule has 0 bridgehead atoms. The molecule has 0 saturated carbocycles. The number of nitrogens with zero attached hydrogens (tertiary/aromatic N) is 4. The number of anilines is 1. The molecule has 1 fully saturated rings. The first-order valence-corrected chi connectivity index (χ1v) is 12.1. The van der Waals surface area contributed by atoms with E-state index in [-0.39, 0.29) is 0 Å². The molecule has 1 aliphatic carbocycles. The summed E-state index contributed by atoms with van der Waals surface area (Å²) in [4.78, 5) is 28.6. The van der Waals surface area contributed by atoms with E-state index in [4.69, 9.17) is 20.4 Å². The van der Waals surface area contributed by atoms with Gasteiger partial charge in [0.25, 0.3) is 0 Å². The van der Waals surface area contributed by atoms with Crippen LogP contribution in [0.4, 0.5) is 5.82 Å². The van der Waals surface area contributed by atoms with Gasteiger partial charge in [-0.3, -0.25) is 9.69 Å². The maximum Gasteiger partial charge on any atom is 0.248 e. The number of primary amides is 1. The van der Waals surface area contributed by atoms with Gasteiger partial charge in [0.1, 0.15) is 16.5 Å². The molecule has 3 aromatic rings. The summed E-state index contributed by atoms with van der Waals surface area (Å²) >= 11 is 1.85. The summed E-state index contributed by atoms with van der Waals surface area (Å²) in [6.07, 6.45) is 4.74. The average Bonchev–Trinajstić information content (AvgIpc) is 3.18. The molecule has 2 aromatic heterocycles. The Morgan fingerprint density at radius 3 is 2.66 bits per heavy atom. The first-order valence-electron chi connectivity index (χ1n) is 11.3. The first kappa shape index (κ1) is 21.3. The van der Waals surface area contributed by atoms with Crippen LogP contribution in [0.3, 0.4) is 0 Å². The normalized spacial score (nSPS) is 16.8. The summed E-state index contributed by atoms with van der Waals surface area (Å²) in [5.74, 6) is 1.49. The van der Waals surface area contributed by atoms with Crippen molar-refractivity contribution in [3.63, 3.8) is 0 Å². The van der Waals surface area contributed by atoms with Gasteiger partial charge in [-0.05, 0) is 48.9 Å². The van der Waals surface area contributed by atoms with E-state index in [1.807, 2.05) is 23.5 Å². The maximum absolute atomic E-state index is 11.4. The van der Waals surface area contributed by atoms with Gasteiger partial charge in [-0.1, -0.05) is 12.1 Å². The minimum atomic E-state index is -0.403. The zero-order valence-electron chi connectivity index (χ0n) is 18.5. The van der Waals surface area contributed by atoms with Gasteiger partial charge in [-0.25, -0.2) is 9.97 Å². The molecule has 8 heteroatoms. The molecular weight excluding hydrogens is 422 g/mol. The number of carbonyl (C=O) groups excluding carboxylic acids is 1. The number of rotatable bonds is 6. The van der Waals surface area contributed by atoms with Crippen molar-refractivity contribution in [2.75, 3.05) is 38.3 Å². The molecule has 5 rings (SSSR count). The van der Waals surface area contributed by atoms with Crippen LogP contribution in [0.5, 0.6) is 0 Å². The molecule has 7 nitrogen and oxygen atoms in total. The summed E-state index contributed by atoms with van der Waals surface area (Å²) in [5.41, 5.74) is 8.47. The largest absolute Gasteiger partial charge is 0.379 e. The predicted molar refractivity (Wildman–Crippen MR) is 127 cm³/mol. The summed E-state index contributed by atoms with van der Waals surface area (Å²) < 4.78 is 5.50. The molecule has 1 aromatic carbocycles. The highest BCUT2D eigenvalue weighted by atomic mass is 32.1. The van der Waals surface area contributed by atoms with Crippen LogP contribution >= 0.6 is 11.3 Å². The quantitative estimate of drug-likeness (QED) is 0.620. The Kier molecular flexibility index (Phi) is 6.08. The molecule has 0 radical (unpaired) electrons. The minimum Gasteiger partial charge on any atom is -0.379 e. The van der Waals surface area contributed by atoms with Crippen LogP contribution in [-0.4, -0.2) is 54.1 Å². The van der Waals surface area contributed by atoms with E-state index in [9.17, 15) is 4.79 Å². The molecular formula is C24H29N5O2S. The standard InChI is InChI=1S/C24H29N5O2S/c1-28(14-16-6-8-17(9-7-16)22(25)30)23-21-18-4-2-3-5-19(18)32-24(21)27-20(26-23)15-29-10-12-31-13-11-29/h6-9H,2-5,10-15H2,1H3,(H2,25,30). The number of ether oxygens (including phenoxy) is 1. The molecule has 2 aliphatic rings. The van der Waals surface area contributed by atoms with Crippen LogP contribution in [0.2, 0.25) is 0 Å². The van der Waals surface area contributed by atoms with Gasteiger partial charge in [-0.2, -0.15) is 0 Å². The number of benzene rings is 1. The molecule has 32 heavy (non-hydrogen) atoms. The highest BCUT2D eigenvalue weighted by Crippen LogP contribution is 2.40. The van der Waals surface area contributed by atoms with Gasteiger partial charge in [0.15, 0.2) is 0 Å². The second-order valence-electron chi connectivity index (χ2n) is 8.66. The van der Waals surface area contributed by atoms with E-state index in [0.717, 1.165) is 67.7 Å². The molecule has 2 N–H and O–H groups in total. The number of hydrogen-bond acceptors (Lipinski definition) is 7. The Bertz CT molecular complexity index is 1120. The Labute approximate surface area is 192 Å². The zero-order chi connectivity index (χ0) is 22.1. The van der Waals surface area contributed by atoms with Crippen molar-refractivity contribution >= 4 is 33.3 Å². The zero-order valence-corrected chi connectivity index (χ0v) is 19.3. The first-order chi connectivity index (χ1) is 15.6. The van der Waals surface area contributed by atoms with E-state index < -0.39 is 5.91 Å². The van der Waals surface area contributed by atoms with Crippen molar-refractivity contribution in [1.29, 1.82) is 0 Å². The van der Waals surface area contributed by atoms with Crippen LogP contribution < -0.4 is 10.6 Å². The van der Waals surface area contributed by atoms with Crippen molar-refractivity contribution < 1.29 is 9.53 Å². The lowest BCUT2D eigenvalue weighted by molar-refractivity contribution is 0.0331. The lowest BCUT2D eigenvalue weighted by Crippen LogP contribution is -2.36. The molecule has 168 valence electrons. The Morgan fingerprint density at radius 1 is 1.16 bits per heavy atom. The van der Waals surface area contributed by atoms with E-state index in [1.165, 1.54) is 28.7 Å². The van der Waals surface area contributed by atoms with Crippen LogP contribution in [0, 0.1) is 0 Å². The molecule has 0 unspecified atom stereocenters. The van der Waals surface area contributed by atoms with Gasteiger partial charge in [0, 0.05) is 37.1 Å². The second kappa shape index (κ2) is 9.13. The van der Waals surface area contributed by atoms with E-state index >= 15 is 0 Å². The van der Waals surface area contributed by atoms with E-state index in [1.54, 1.807) is 12.1 Å². The highest BCUT2D eigenvalue weighted by molar-refractivity contribution is 7.19. The van der Waals surface area contributed by atoms with Gasteiger partial charge < -0.3 is 15.4 Å². The van der Waals surface area contributed by atoms with Crippen LogP contribution in [0.25, 0.3) is 10.2 Å². The van der Waals surface area contributed by atoms with E-state index in [0.29, 0.717) is 12.1 Å². The topological polar surface area (TPSA) is 84.6 Å². The molecule has 0 spiro atoms. The van der Waals surface area contributed by atoms with Crippen molar-refractivity contribution in [3.8, 4) is 0 Å². The smallest absolute Gasteiger partial charge is 0.248 e. The van der Waals surface area contributed by atoms with Crippen LogP contribution in [0.15, 0.2) is 24.3 Å². The SMILES string of the molecule is CN(Cc1ccc(C(N)=O)cc1)c1nc(CN2CCOCC2)nc2sc3c(c12)CCCC3. The van der Waals surface area contributed by atoms with Gasteiger partial charge >= 0.3 is 0 Å². The summed E-state index contributed by atoms with van der Waals surface area (Å²) in [7, 11) is 2.09. The predicted octanol–water partition coefficient (Wildman–Crippen LogP) is 3.14. The molecule has 1 saturated heterocycles. The molecule has 1 aliphatic heterocycles. The van der Waals surface area contributed by atoms with Gasteiger partial charge in [0.05, 0.1) is 25.1 Å². The number of fused-ring (bicyclic) bond motifs is 3. The van der Waals surface area contributed by atoms with Crippen molar-refractivity contribution in [1.82, 2.24) is 14.9 Å². The third kappa shape index (κ3) is 4.35. The summed E-state index contributed by atoms with van der Waals surface area (Å²) in [6, 6.07) is 7.51.